The Hall–Kier alpha value is -2.61. The Morgan fingerprint density at radius 2 is 2.07 bits per heavy atom. The molecule has 2 fully saturated rings. The van der Waals surface area contributed by atoms with Crippen molar-refractivity contribution in [2.24, 2.45) is 0 Å². The molecule has 2 saturated heterocycles. The summed E-state index contributed by atoms with van der Waals surface area (Å²) >= 11 is 5.95. The molecule has 2 aromatic heterocycles. The van der Waals surface area contributed by atoms with Crippen molar-refractivity contribution in [2.75, 3.05) is 36.0 Å². The standard InChI is InChI=1S/C20H23ClN6O2/c1-2-18-23-16-12-27(11-15(16)19(24-18)25-6-3-7-25)20(28)29-14-9-26(10-14)13-4-5-22-17(21)8-13/h4-5,8,14H,2-3,6-7,9-12H2,1H3. The van der Waals surface area contributed by atoms with E-state index in [1.54, 1.807) is 11.1 Å². The highest BCUT2D eigenvalue weighted by molar-refractivity contribution is 6.29. The predicted octanol–water partition coefficient (Wildman–Crippen LogP) is 2.64. The number of fused-ring (bicyclic) bond motifs is 1. The van der Waals surface area contributed by atoms with Crippen LogP contribution in [0.5, 0.6) is 0 Å². The van der Waals surface area contributed by atoms with Crippen LogP contribution < -0.4 is 9.80 Å². The first-order valence-electron chi connectivity index (χ1n) is 10.1. The minimum atomic E-state index is -0.284. The number of carbonyl (C=O) groups is 1. The first-order valence-corrected chi connectivity index (χ1v) is 10.4. The lowest BCUT2D eigenvalue weighted by Crippen LogP contribution is -2.54. The highest BCUT2D eigenvalue weighted by atomic mass is 35.5. The van der Waals surface area contributed by atoms with Gasteiger partial charge in [-0.1, -0.05) is 18.5 Å². The van der Waals surface area contributed by atoms with Crippen LogP contribution in [-0.2, 0) is 24.2 Å². The Labute approximate surface area is 174 Å². The Morgan fingerprint density at radius 1 is 1.24 bits per heavy atom. The minimum Gasteiger partial charge on any atom is -0.442 e. The van der Waals surface area contributed by atoms with Gasteiger partial charge in [-0.3, -0.25) is 4.90 Å². The Morgan fingerprint density at radius 3 is 2.76 bits per heavy atom. The summed E-state index contributed by atoms with van der Waals surface area (Å²) in [6, 6.07) is 3.72. The summed E-state index contributed by atoms with van der Waals surface area (Å²) in [6.07, 6.45) is 3.25. The second-order valence-corrected chi connectivity index (χ2v) is 8.07. The second-order valence-electron chi connectivity index (χ2n) is 7.69. The zero-order valence-electron chi connectivity index (χ0n) is 16.3. The molecular formula is C20H23ClN6O2. The monoisotopic (exact) mass is 414 g/mol. The van der Waals surface area contributed by atoms with Crippen molar-refractivity contribution in [3.8, 4) is 0 Å². The number of hydrogen-bond donors (Lipinski definition) is 0. The van der Waals surface area contributed by atoms with E-state index in [4.69, 9.17) is 21.3 Å². The van der Waals surface area contributed by atoms with E-state index in [0.29, 0.717) is 31.3 Å². The Kier molecular flexibility index (Phi) is 4.66. The number of nitrogens with zero attached hydrogens (tertiary/aromatic N) is 6. The van der Waals surface area contributed by atoms with Gasteiger partial charge in [0.2, 0.25) is 0 Å². The molecule has 0 bridgehead atoms. The quantitative estimate of drug-likeness (QED) is 0.712. The third-order valence-electron chi connectivity index (χ3n) is 5.73. The van der Waals surface area contributed by atoms with Crippen LogP contribution in [0.15, 0.2) is 18.3 Å². The van der Waals surface area contributed by atoms with Crippen molar-refractivity contribution in [2.45, 2.75) is 39.0 Å². The van der Waals surface area contributed by atoms with Gasteiger partial charge in [-0.05, 0) is 18.6 Å². The van der Waals surface area contributed by atoms with Crippen LogP contribution in [0.25, 0.3) is 0 Å². The molecule has 1 amide bonds. The number of halogens is 1. The van der Waals surface area contributed by atoms with Crippen molar-refractivity contribution in [3.63, 3.8) is 0 Å². The molecule has 5 heterocycles. The van der Waals surface area contributed by atoms with Gasteiger partial charge in [0.1, 0.15) is 22.9 Å². The van der Waals surface area contributed by atoms with E-state index in [1.165, 1.54) is 6.42 Å². The van der Waals surface area contributed by atoms with Gasteiger partial charge in [-0.15, -0.1) is 0 Å². The fourth-order valence-electron chi connectivity index (χ4n) is 3.89. The van der Waals surface area contributed by atoms with Crippen LogP contribution in [-0.4, -0.2) is 58.2 Å². The summed E-state index contributed by atoms with van der Waals surface area (Å²) in [5, 5.41) is 0.461. The van der Waals surface area contributed by atoms with Gasteiger partial charge < -0.3 is 14.5 Å². The number of amides is 1. The third-order valence-corrected chi connectivity index (χ3v) is 5.93. The number of pyridine rings is 1. The molecule has 0 atom stereocenters. The molecule has 0 aromatic carbocycles. The Bertz CT molecular complexity index is 945. The molecular weight excluding hydrogens is 392 g/mol. The lowest BCUT2D eigenvalue weighted by molar-refractivity contribution is 0.0491. The molecule has 5 rings (SSSR count). The summed E-state index contributed by atoms with van der Waals surface area (Å²) in [6.45, 7) is 6.42. The maximum atomic E-state index is 12.7. The number of ether oxygens (including phenoxy) is 1. The number of anilines is 2. The van der Waals surface area contributed by atoms with E-state index in [2.05, 4.69) is 26.7 Å². The Balaban J connectivity index is 1.22. The van der Waals surface area contributed by atoms with Crippen LogP contribution in [0.1, 0.15) is 30.4 Å². The lowest BCUT2D eigenvalue weighted by Gasteiger charge is -2.40. The first kappa shape index (κ1) is 18.4. The summed E-state index contributed by atoms with van der Waals surface area (Å²) in [7, 11) is 0. The van der Waals surface area contributed by atoms with Crippen LogP contribution >= 0.6 is 11.6 Å². The molecule has 0 spiro atoms. The summed E-state index contributed by atoms with van der Waals surface area (Å²) in [4.78, 5) is 32.2. The number of carbonyl (C=O) groups excluding carboxylic acids is 1. The molecule has 0 N–H and O–H groups in total. The highest BCUT2D eigenvalue weighted by Crippen LogP contribution is 2.32. The second kappa shape index (κ2) is 7.33. The number of hydrogen-bond acceptors (Lipinski definition) is 7. The first-order chi connectivity index (χ1) is 14.1. The van der Waals surface area contributed by atoms with Gasteiger partial charge in [0.25, 0.3) is 0 Å². The number of aryl methyl sites for hydroxylation is 1. The molecule has 0 unspecified atom stereocenters. The molecule has 9 heteroatoms. The molecule has 0 aliphatic carbocycles. The average Bonchev–Trinajstić information content (AvgIpc) is 3.07. The van der Waals surface area contributed by atoms with E-state index < -0.39 is 0 Å². The largest absolute Gasteiger partial charge is 0.442 e. The van der Waals surface area contributed by atoms with Crippen molar-refractivity contribution < 1.29 is 9.53 Å². The van der Waals surface area contributed by atoms with Crippen molar-refractivity contribution >= 4 is 29.2 Å². The zero-order chi connectivity index (χ0) is 20.0. The molecule has 3 aliphatic rings. The van der Waals surface area contributed by atoms with E-state index in [1.807, 2.05) is 12.1 Å². The molecule has 29 heavy (non-hydrogen) atoms. The van der Waals surface area contributed by atoms with Crippen LogP contribution in [0.2, 0.25) is 5.15 Å². The van der Waals surface area contributed by atoms with Gasteiger partial charge in [0.15, 0.2) is 0 Å². The van der Waals surface area contributed by atoms with Crippen LogP contribution in [0.3, 0.4) is 0 Å². The fourth-order valence-corrected chi connectivity index (χ4v) is 4.06. The normalized spacial score (nSPS) is 18.3. The summed E-state index contributed by atoms with van der Waals surface area (Å²) < 4.78 is 5.72. The van der Waals surface area contributed by atoms with Crippen LogP contribution in [0.4, 0.5) is 16.3 Å². The van der Waals surface area contributed by atoms with Gasteiger partial charge in [0.05, 0.1) is 31.9 Å². The van der Waals surface area contributed by atoms with Gasteiger partial charge in [0, 0.05) is 37.0 Å². The molecule has 8 nitrogen and oxygen atoms in total. The SMILES string of the molecule is CCc1nc2c(c(N3CCC3)n1)CN(C(=O)OC1CN(c3ccnc(Cl)c3)C1)C2. The van der Waals surface area contributed by atoms with Gasteiger partial charge in [-0.2, -0.15) is 0 Å². The van der Waals surface area contributed by atoms with Gasteiger partial charge in [-0.25, -0.2) is 19.7 Å². The lowest BCUT2D eigenvalue weighted by atomic mass is 10.1. The minimum absolute atomic E-state index is 0.120. The third kappa shape index (κ3) is 3.46. The molecule has 0 saturated carbocycles. The average molecular weight is 415 g/mol. The van der Waals surface area contributed by atoms with E-state index in [-0.39, 0.29) is 12.2 Å². The van der Waals surface area contributed by atoms with Crippen molar-refractivity contribution in [1.82, 2.24) is 19.9 Å². The number of aromatic nitrogens is 3. The maximum absolute atomic E-state index is 12.7. The van der Waals surface area contributed by atoms with E-state index in [9.17, 15) is 4.79 Å². The smallest absolute Gasteiger partial charge is 0.410 e. The maximum Gasteiger partial charge on any atom is 0.410 e. The molecule has 2 aromatic rings. The van der Waals surface area contributed by atoms with E-state index >= 15 is 0 Å². The molecule has 3 aliphatic heterocycles. The zero-order valence-corrected chi connectivity index (χ0v) is 17.1. The van der Waals surface area contributed by atoms with Crippen molar-refractivity contribution in [3.05, 3.63) is 40.6 Å². The topological polar surface area (TPSA) is 74.7 Å². The molecule has 0 radical (unpaired) electrons. The number of rotatable bonds is 4. The van der Waals surface area contributed by atoms with Gasteiger partial charge >= 0.3 is 6.09 Å². The predicted molar refractivity (Wildman–Crippen MR) is 109 cm³/mol. The van der Waals surface area contributed by atoms with E-state index in [0.717, 1.165) is 48.1 Å². The molecule has 152 valence electrons. The summed E-state index contributed by atoms with van der Waals surface area (Å²) in [5.74, 6) is 1.84. The fraction of sp³-hybridized carbons (Fsp3) is 0.500. The summed E-state index contributed by atoms with van der Waals surface area (Å²) in [5.41, 5.74) is 3.02. The van der Waals surface area contributed by atoms with Crippen molar-refractivity contribution in [1.29, 1.82) is 0 Å². The van der Waals surface area contributed by atoms with Crippen LogP contribution in [0, 0.1) is 0 Å². The highest BCUT2D eigenvalue weighted by Gasteiger charge is 2.36.